The van der Waals surface area contributed by atoms with Crippen LogP contribution >= 0.6 is 39.0 Å². The highest BCUT2D eigenvalue weighted by Gasteiger charge is 2.28. The van der Waals surface area contributed by atoms with Gasteiger partial charge in [0.05, 0.1) is 3.79 Å². The Bertz CT molecular complexity index is 558. The Hall–Kier alpha value is 0.400. The van der Waals surface area contributed by atoms with Crippen LogP contribution < -0.4 is 5.32 Å². The molecule has 1 unspecified atom stereocenters. The van der Waals surface area contributed by atoms with Crippen molar-refractivity contribution in [2.24, 2.45) is 0 Å². The first-order valence-electron chi connectivity index (χ1n) is 6.68. The van der Waals surface area contributed by atoms with E-state index in [1.807, 2.05) is 13.2 Å². The highest BCUT2D eigenvalue weighted by Crippen LogP contribution is 2.34. The van der Waals surface area contributed by atoms with Gasteiger partial charge in [0.2, 0.25) is 10.0 Å². The summed E-state index contributed by atoms with van der Waals surface area (Å²) < 4.78 is 27.5. The first kappa shape index (κ1) is 19.4. The predicted molar refractivity (Wildman–Crippen MR) is 96.8 cm³/mol. The number of hydrogen-bond donors (Lipinski definition) is 1. The molecule has 8 heteroatoms. The fraction of sp³-hybridized carbons (Fsp3) is 0.692. The molecule has 0 amide bonds. The molecule has 0 bridgehead atoms. The molecule has 1 heterocycles. The maximum Gasteiger partial charge on any atom is 0.245 e. The van der Waals surface area contributed by atoms with E-state index in [0.717, 1.165) is 10.6 Å². The van der Waals surface area contributed by atoms with E-state index in [0.29, 0.717) is 21.3 Å². The minimum absolute atomic E-state index is 0.0333. The zero-order valence-electron chi connectivity index (χ0n) is 13.0. The van der Waals surface area contributed by atoms with Gasteiger partial charge in [-0.15, -0.1) is 11.3 Å². The molecule has 1 atom stereocenters. The van der Waals surface area contributed by atoms with E-state index in [2.05, 4.69) is 35.1 Å². The summed E-state index contributed by atoms with van der Waals surface area (Å²) in [6, 6.07) is 2.10. The minimum atomic E-state index is -3.45. The van der Waals surface area contributed by atoms with Crippen molar-refractivity contribution < 1.29 is 8.42 Å². The molecular weight excluding hydrogens is 392 g/mol. The lowest BCUT2D eigenvalue weighted by molar-refractivity contribution is 0.415. The van der Waals surface area contributed by atoms with Gasteiger partial charge in [0, 0.05) is 36.3 Å². The van der Waals surface area contributed by atoms with Gasteiger partial charge in [-0.3, -0.25) is 0 Å². The quantitative estimate of drug-likeness (QED) is 0.707. The van der Waals surface area contributed by atoms with Gasteiger partial charge in [0.1, 0.15) is 4.90 Å². The summed E-state index contributed by atoms with van der Waals surface area (Å²) in [5.41, 5.74) is 0. The smallest absolute Gasteiger partial charge is 0.245 e. The highest BCUT2D eigenvalue weighted by atomic mass is 79.9. The Labute approximate surface area is 144 Å². The lowest BCUT2D eigenvalue weighted by Gasteiger charge is -2.23. The molecule has 1 aromatic rings. The molecule has 122 valence electrons. The number of sulfonamides is 1. The number of thioether (sulfide) groups is 1. The van der Waals surface area contributed by atoms with E-state index in [4.69, 9.17) is 0 Å². The zero-order chi connectivity index (χ0) is 16.2. The van der Waals surface area contributed by atoms with Crippen LogP contribution in [0.1, 0.15) is 25.6 Å². The number of nitrogens with one attached hydrogen (secondary N) is 1. The van der Waals surface area contributed by atoms with E-state index in [9.17, 15) is 8.42 Å². The van der Waals surface area contributed by atoms with Gasteiger partial charge in [0.15, 0.2) is 0 Å². The van der Waals surface area contributed by atoms with Crippen molar-refractivity contribution in [1.82, 2.24) is 9.62 Å². The Kier molecular flexibility index (Phi) is 7.69. The van der Waals surface area contributed by atoms with Crippen LogP contribution in [0.25, 0.3) is 0 Å². The molecule has 4 nitrogen and oxygen atoms in total. The molecule has 0 saturated carbocycles. The van der Waals surface area contributed by atoms with Crippen molar-refractivity contribution in [3.05, 3.63) is 14.7 Å². The largest absolute Gasteiger partial charge is 0.310 e. The first-order valence-corrected chi connectivity index (χ1v) is 11.1. The van der Waals surface area contributed by atoms with Crippen molar-refractivity contribution in [2.45, 2.75) is 44.3 Å². The van der Waals surface area contributed by atoms with Crippen molar-refractivity contribution in [2.75, 3.05) is 19.1 Å². The van der Waals surface area contributed by atoms with Gasteiger partial charge in [-0.05, 0) is 35.2 Å². The topological polar surface area (TPSA) is 49.4 Å². The normalized spacial score (nSPS) is 14.1. The summed E-state index contributed by atoms with van der Waals surface area (Å²) in [5, 5.41) is 3.30. The zero-order valence-corrected chi connectivity index (χ0v) is 17.0. The lowest BCUT2D eigenvalue weighted by Crippen LogP contribution is -2.36. The van der Waals surface area contributed by atoms with E-state index in [1.165, 1.54) is 15.6 Å². The number of halogens is 1. The van der Waals surface area contributed by atoms with Crippen molar-refractivity contribution in [1.29, 1.82) is 0 Å². The van der Waals surface area contributed by atoms with Crippen LogP contribution in [0.5, 0.6) is 0 Å². The summed E-state index contributed by atoms with van der Waals surface area (Å²) in [4.78, 5) is 1.38. The van der Waals surface area contributed by atoms with Crippen LogP contribution in [0.15, 0.2) is 14.7 Å². The maximum atomic E-state index is 12.7. The third-order valence-electron chi connectivity index (χ3n) is 3.08. The van der Waals surface area contributed by atoms with E-state index in [-0.39, 0.29) is 6.04 Å². The average molecular weight is 415 g/mol. The molecule has 1 N–H and O–H groups in total. The van der Waals surface area contributed by atoms with E-state index in [1.54, 1.807) is 24.9 Å². The van der Waals surface area contributed by atoms with Crippen LogP contribution in [0, 0.1) is 0 Å². The standard InChI is InChI=1S/C13H23BrN2O2S3/c1-9(2)15-7-11-6-12(13(14)20-11)21(17,18)16(4)10(3)8-19-5/h6,9-10,15H,7-8H2,1-5H3. The molecule has 1 aromatic heterocycles. The van der Waals surface area contributed by atoms with Gasteiger partial charge in [-0.1, -0.05) is 13.8 Å². The summed E-state index contributed by atoms with van der Waals surface area (Å²) >= 11 is 6.51. The molecule has 1 rings (SSSR count). The predicted octanol–water partition coefficient (Wildman–Crippen LogP) is 3.38. The average Bonchev–Trinajstić information content (AvgIpc) is 2.77. The lowest BCUT2D eigenvalue weighted by atomic mass is 10.4. The number of rotatable bonds is 8. The van der Waals surface area contributed by atoms with Gasteiger partial charge in [-0.2, -0.15) is 16.1 Å². The summed E-state index contributed by atoms with van der Waals surface area (Å²) in [6.07, 6.45) is 1.98. The number of hydrogen-bond acceptors (Lipinski definition) is 5. The Balaban J connectivity index is 2.98. The fourth-order valence-corrected chi connectivity index (χ4v) is 6.45. The monoisotopic (exact) mass is 414 g/mol. The second kappa shape index (κ2) is 8.31. The van der Waals surface area contributed by atoms with Gasteiger partial charge < -0.3 is 5.32 Å². The van der Waals surface area contributed by atoms with Crippen LogP contribution in [0.4, 0.5) is 0 Å². The van der Waals surface area contributed by atoms with Crippen LogP contribution in [0.3, 0.4) is 0 Å². The maximum absolute atomic E-state index is 12.7. The van der Waals surface area contributed by atoms with Crippen LogP contribution in [-0.4, -0.2) is 43.9 Å². The van der Waals surface area contributed by atoms with Crippen molar-refractivity contribution in [3.8, 4) is 0 Å². The summed E-state index contributed by atoms with van der Waals surface area (Å²) in [7, 11) is -1.81. The third kappa shape index (κ3) is 5.21. The molecule has 0 aromatic carbocycles. The molecule has 0 saturated heterocycles. The molecular formula is C13H23BrN2O2S3. The summed E-state index contributed by atoms with van der Waals surface area (Å²) in [5.74, 6) is 0.777. The second-order valence-corrected chi connectivity index (χ2v) is 10.5. The van der Waals surface area contributed by atoms with Gasteiger partial charge >= 0.3 is 0 Å². The SMILES string of the molecule is CSCC(C)N(C)S(=O)(=O)c1cc(CNC(C)C)sc1Br. The molecule has 0 spiro atoms. The minimum Gasteiger partial charge on any atom is -0.310 e. The molecule has 21 heavy (non-hydrogen) atoms. The molecule has 0 aliphatic carbocycles. The van der Waals surface area contributed by atoms with Gasteiger partial charge in [-0.25, -0.2) is 8.42 Å². The molecule has 0 radical (unpaired) electrons. The number of thiophene rings is 1. The van der Waals surface area contributed by atoms with E-state index < -0.39 is 10.0 Å². The molecule has 0 aliphatic heterocycles. The Morgan fingerprint density at radius 3 is 2.57 bits per heavy atom. The number of nitrogens with zero attached hydrogens (tertiary/aromatic N) is 1. The Morgan fingerprint density at radius 2 is 2.05 bits per heavy atom. The molecule has 0 fully saturated rings. The summed E-state index contributed by atoms with van der Waals surface area (Å²) in [6.45, 7) is 6.74. The van der Waals surface area contributed by atoms with Crippen molar-refractivity contribution in [3.63, 3.8) is 0 Å². The fourth-order valence-electron chi connectivity index (χ4n) is 1.70. The second-order valence-electron chi connectivity index (χ2n) is 5.21. The van der Waals surface area contributed by atoms with Gasteiger partial charge in [0.25, 0.3) is 0 Å². The van der Waals surface area contributed by atoms with E-state index >= 15 is 0 Å². The molecule has 0 aliphatic rings. The highest BCUT2D eigenvalue weighted by molar-refractivity contribution is 9.11. The van der Waals surface area contributed by atoms with Crippen molar-refractivity contribution >= 4 is 49.1 Å². The van der Waals surface area contributed by atoms with Crippen LogP contribution in [0.2, 0.25) is 0 Å². The Morgan fingerprint density at radius 1 is 1.43 bits per heavy atom. The van der Waals surface area contributed by atoms with Crippen LogP contribution in [-0.2, 0) is 16.6 Å². The first-order chi connectivity index (χ1) is 9.70. The third-order valence-corrected chi connectivity index (χ3v) is 8.12.